The second-order valence-corrected chi connectivity index (χ2v) is 5.31. The summed E-state index contributed by atoms with van der Waals surface area (Å²) in [5, 5.41) is 8.18. The molecule has 0 bridgehead atoms. The van der Waals surface area contributed by atoms with Gasteiger partial charge in [-0.05, 0) is 43.4 Å². The Morgan fingerprint density at radius 3 is 2.43 bits per heavy atom. The molecule has 0 atom stereocenters. The van der Waals surface area contributed by atoms with Gasteiger partial charge in [-0.25, -0.2) is 0 Å². The van der Waals surface area contributed by atoms with Crippen LogP contribution in [0, 0.1) is 6.92 Å². The van der Waals surface area contributed by atoms with Crippen molar-refractivity contribution in [2.75, 3.05) is 12.4 Å². The van der Waals surface area contributed by atoms with E-state index in [4.69, 9.17) is 12.2 Å². The predicted octanol–water partition coefficient (Wildman–Crippen LogP) is 2.48. The molecule has 2 aromatic carbocycles. The zero-order valence-corrected chi connectivity index (χ0v) is 13.7. The second kappa shape index (κ2) is 7.51. The Labute approximate surface area is 140 Å². The van der Waals surface area contributed by atoms with Crippen LogP contribution < -0.4 is 16.0 Å². The van der Waals surface area contributed by atoms with Gasteiger partial charge in [0.25, 0.3) is 11.8 Å². The molecule has 0 aliphatic rings. The molecule has 118 valence electrons. The zero-order chi connectivity index (χ0) is 16.8. The SMILES string of the molecule is CNC(=O)c1ccccc1NC(=S)NC(=O)c1cccc(C)c1. The summed E-state index contributed by atoms with van der Waals surface area (Å²) in [6, 6.07) is 14.1. The van der Waals surface area contributed by atoms with E-state index < -0.39 is 0 Å². The second-order valence-electron chi connectivity index (χ2n) is 4.90. The average Bonchev–Trinajstić information content (AvgIpc) is 2.54. The summed E-state index contributed by atoms with van der Waals surface area (Å²) in [6.07, 6.45) is 0. The molecule has 0 aromatic heterocycles. The highest BCUT2D eigenvalue weighted by molar-refractivity contribution is 7.80. The maximum Gasteiger partial charge on any atom is 0.257 e. The van der Waals surface area contributed by atoms with Crippen LogP contribution in [0.2, 0.25) is 0 Å². The van der Waals surface area contributed by atoms with Crippen LogP contribution in [0.1, 0.15) is 26.3 Å². The molecule has 23 heavy (non-hydrogen) atoms. The summed E-state index contributed by atoms with van der Waals surface area (Å²) >= 11 is 5.15. The smallest absolute Gasteiger partial charge is 0.257 e. The molecule has 5 nitrogen and oxygen atoms in total. The lowest BCUT2D eigenvalue weighted by Gasteiger charge is -2.13. The molecule has 2 rings (SSSR count). The number of hydrogen-bond donors (Lipinski definition) is 3. The van der Waals surface area contributed by atoms with Crippen LogP contribution in [0.3, 0.4) is 0 Å². The minimum absolute atomic E-state index is 0.132. The Balaban J connectivity index is 2.08. The van der Waals surface area contributed by atoms with Crippen LogP contribution in [-0.2, 0) is 0 Å². The number of benzene rings is 2. The summed E-state index contributed by atoms with van der Waals surface area (Å²) in [5.41, 5.74) is 2.48. The third kappa shape index (κ3) is 4.37. The Morgan fingerprint density at radius 1 is 1.00 bits per heavy atom. The van der Waals surface area contributed by atoms with Crippen molar-refractivity contribution in [1.82, 2.24) is 10.6 Å². The Hall–Kier alpha value is -2.73. The van der Waals surface area contributed by atoms with Crippen molar-refractivity contribution in [3.63, 3.8) is 0 Å². The molecule has 0 saturated carbocycles. The lowest BCUT2D eigenvalue weighted by atomic mass is 10.1. The first-order valence-electron chi connectivity index (χ1n) is 7.01. The molecule has 6 heteroatoms. The van der Waals surface area contributed by atoms with E-state index in [0.717, 1.165) is 5.56 Å². The molecule has 0 spiro atoms. The minimum atomic E-state index is -0.302. The van der Waals surface area contributed by atoms with E-state index in [1.54, 1.807) is 43.4 Å². The lowest BCUT2D eigenvalue weighted by molar-refractivity contribution is 0.0961. The fraction of sp³-hybridized carbons (Fsp3) is 0.118. The fourth-order valence-corrected chi connectivity index (χ4v) is 2.24. The van der Waals surface area contributed by atoms with Crippen LogP contribution >= 0.6 is 12.2 Å². The summed E-state index contributed by atoms with van der Waals surface area (Å²) < 4.78 is 0. The predicted molar refractivity (Wildman–Crippen MR) is 94.7 cm³/mol. The normalized spacial score (nSPS) is 9.83. The number of rotatable bonds is 3. The molecular weight excluding hydrogens is 310 g/mol. The van der Waals surface area contributed by atoms with Crippen LogP contribution in [-0.4, -0.2) is 24.0 Å². The minimum Gasteiger partial charge on any atom is -0.355 e. The maximum atomic E-state index is 12.2. The van der Waals surface area contributed by atoms with Crippen molar-refractivity contribution in [3.05, 3.63) is 65.2 Å². The van der Waals surface area contributed by atoms with Gasteiger partial charge in [-0.2, -0.15) is 0 Å². The summed E-state index contributed by atoms with van der Waals surface area (Å²) in [5.74, 6) is -0.537. The zero-order valence-electron chi connectivity index (χ0n) is 12.8. The van der Waals surface area contributed by atoms with Crippen LogP contribution in [0.4, 0.5) is 5.69 Å². The number of nitrogens with one attached hydrogen (secondary N) is 3. The van der Waals surface area contributed by atoms with Crippen LogP contribution in [0.5, 0.6) is 0 Å². The average molecular weight is 327 g/mol. The van der Waals surface area contributed by atoms with Crippen molar-refractivity contribution < 1.29 is 9.59 Å². The highest BCUT2D eigenvalue weighted by Crippen LogP contribution is 2.14. The Morgan fingerprint density at radius 2 is 1.74 bits per heavy atom. The molecule has 2 amide bonds. The molecule has 0 aliphatic carbocycles. The highest BCUT2D eigenvalue weighted by Gasteiger charge is 2.12. The van der Waals surface area contributed by atoms with Crippen molar-refractivity contribution in [2.24, 2.45) is 0 Å². The molecule has 0 aliphatic heterocycles. The number of anilines is 1. The van der Waals surface area contributed by atoms with Crippen LogP contribution in [0.25, 0.3) is 0 Å². The Kier molecular flexibility index (Phi) is 5.43. The molecule has 0 saturated heterocycles. The molecule has 3 N–H and O–H groups in total. The van der Waals surface area contributed by atoms with Crippen molar-refractivity contribution in [1.29, 1.82) is 0 Å². The highest BCUT2D eigenvalue weighted by atomic mass is 32.1. The van der Waals surface area contributed by atoms with Gasteiger partial charge < -0.3 is 10.6 Å². The van der Waals surface area contributed by atoms with Gasteiger partial charge in [-0.1, -0.05) is 29.8 Å². The molecule has 0 radical (unpaired) electrons. The number of aryl methyl sites for hydroxylation is 1. The largest absolute Gasteiger partial charge is 0.355 e. The van der Waals surface area contributed by atoms with E-state index in [-0.39, 0.29) is 16.9 Å². The van der Waals surface area contributed by atoms with Gasteiger partial charge in [0.15, 0.2) is 5.11 Å². The van der Waals surface area contributed by atoms with Crippen molar-refractivity contribution in [2.45, 2.75) is 6.92 Å². The number of hydrogen-bond acceptors (Lipinski definition) is 3. The fourth-order valence-electron chi connectivity index (χ4n) is 2.04. The molecular formula is C17H17N3O2S. The van der Waals surface area contributed by atoms with Crippen LogP contribution in [0.15, 0.2) is 48.5 Å². The van der Waals surface area contributed by atoms with Crippen molar-refractivity contribution >= 4 is 34.8 Å². The van der Waals surface area contributed by atoms with Crippen molar-refractivity contribution in [3.8, 4) is 0 Å². The first kappa shape index (κ1) is 16.6. The van der Waals surface area contributed by atoms with Gasteiger partial charge in [0.1, 0.15) is 0 Å². The molecule has 2 aromatic rings. The number of amides is 2. The van der Waals surface area contributed by atoms with E-state index in [9.17, 15) is 9.59 Å². The molecule has 0 fully saturated rings. The van der Waals surface area contributed by atoms with E-state index in [1.165, 1.54) is 0 Å². The van der Waals surface area contributed by atoms with E-state index in [0.29, 0.717) is 16.8 Å². The van der Waals surface area contributed by atoms with Gasteiger partial charge in [0, 0.05) is 12.6 Å². The van der Waals surface area contributed by atoms with E-state index in [1.807, 2.05) is 19.1 Å². The lowest BCUT2D eigenvalue weighted by Crippen LogP contribution is -2.34. The maximum absolute atomic E-state index is 12.2. The summed E-state index contributed by atoms with van der Waals surface area (Å²) in [6.45, 7) is 1.91. The molecule has 0 heterocycles. The monoisotopic (exact) mass is 327 g/mol. The topological polar surface area (TPSA) is 70.2 Å². The number of carbonyl (C=O) groups excluding carboxylic acids is 2. The Bertz CT molecular complexity index is 759. The number of thiocarbonyl (C=S) groups is 1. The summed E-state index contributed by atoms with van der Waals surface area (Å²) in [7, 11) is 1.55. The third-order valence-corrected chi connectivity index (χ3v) is 3.36. The summed E-state index contributed by atoms with van der Waals surface area (Å²) in [4.78, 5) is 24.0. The van der Waals surface area contributed by atoms with Gasteiger partial charge in [-0.3, -0.25) is 14.9 Å². The van der Waals surface area contributed by atoms with Gasteiger partial charge in [0.2, 0.25) is 0 Å². The van der Waals surface area contributed by atoms with Gasteiger partial charge in [-0.15, -0.1) is 0 Å². The number of para-hydroxylation sites is 1. The standard InChI is InChI=1S/C17H17N3O2S/c1-11-6-5-7-12(10-11)15(21)20-17(23)19-14-9-4-3-8-13(14)16(22)18-2/h3-10H,1-2H3,(H,18,22)(H2,19,20,21,23). The first-order chi connectivity index (χ1) is 11.0. The van der Waals surface area contributed by atoms with E-state index in [2.05, 4.69) is 16.0 Å². The quantitative estimate of drug-likeness (QED) is 0.758. The molecule has 0 unspecified atom stereocenters. The number of carbonyl (C=O) groups is 2. The first-order valence-corrected chi connectivity index (χ1v) is 7.42. The van der Waals surface area contributed by atoms with E-state index >= 15 is 0 Å². The van der Waals surface area contributed by atoms with Gasteiger partial charge in [0.05, 0.1) is 11.3 Å². The third-order valence-electron chi connectivity index (χ3n) is 3.15. The van der Waals surface area contributed by atoms with Gasteiger partial charge >= 0.3 is 0 Å².